The molecule has 1 atom stereocenters. The van der Waals surface area contributed by atoms with Gasteiger partial charge in [0.05, 0.1) is 6.61 Å². The zero-order valence-corrected chi connectivity index (χ0v) is 22.3. The number of carbonyl (C=O) groups excluding carboxylic acids is 2. The average molecular weight is 491 g/mol. The maximum absolute atomic E-state index is 11.8. The van der Waals surface area contributed by atoms with Crippen molar-refractivity contribution in [3.05, 3.63) is 48.6 Å². The molecule has 0 aromatic rings. The predicted octanol–water partition coefficient (Wildman–Crippen LogP) is 7.55. The second kappa shape index (κ2) is 26.5. The number of esters is 2. The van der Waals surface area contributed by atoms with Gasteiger partial charge in [0.1, 0.15) is 6.61 Å². The quantitative estimate of drug-likeness (QED) is 0.0909. The van der Waals surface area contributed by atoms with Gasteiger partial charge in [-0.15, -0.1) is 0 Å². The third-order valence-corrected chi connectivity index (χ3v) is 5.44. The van der Waals surface area contributed by atoms with Gasteiger partial charge in [0.15, 0.2) is 6.10 Å². The Hall–Kier alpha value is -2.14. The van der Waals surface area contributed by atoms with Gasteiger partial charge in [-0.25, -0.2) is 0 Å². The highest BCUT2D eigenvalue weighted by Crippen LogP contribution is 2.12. The Bertz CT molecular complexity index is 618. The average Bonchev–Trinajstić information content (AvgIpc) is 2.87. The van der Waals surface area contributed by atoms with E-state index < -0.39 is 6.10 Å². The van der Waals surface area contributed by atoms with E-state index in [1.54, 1.807) is 6.92 Å². The summed E-state index contributed by atoms with van der Waals surface area (Å²) in [6, 6.07) is 0. The molecule has 0 bridgehead atoms. The number of ether oxygens (including phenoxy) is 2. The van der Waals surface area contributed by atoms with Crippen LogP contribution in [0.4, 0.5) is 0 Å². The highest BCUT2D eigenvalue weighted by atomic mass is 16.6. The number of aliphatic hydroxyl groups is 1. The Morgan fingerprint density at radius 1 is 0.686 bits per heavy atom. The van der Waals surface area contributed by atoms with Crippen molar-refractivity contribution in [2.45, 2.75) is 116 Å². The standard InChI is InChI=1S/C30H50O5/c1-3-5-6-7-8-9-10-11-12-13-14-15-16-17-18-19-20-21-22-23-24-25-30(33)35-28(26-31)27-34-29(32)4-2/h5-6,8-9,11-12,14-15,28,31H,3-4,7,10,13,16-27H2,1-2H3/b6-5-,9-8-,12-11-,15-14-. The molecule has 0 saturated carbocycles. The molecule has 0 saturated heterocycles. The SMILES string of the molecule is CC/C=C\C/C=C\C/C=C\C/C=C\CCCCCCCCCCC(=O)OC(CO)COC(=O)CC. The molecule has 0 aliphatic rings. The molecule has 0 fully saturated rings. The highest BCUT2D eigenvalue weighted by molar-refractivity contribution is 5.70. The van der Waals surface area contributed by atoms with Crippen molar-refractivity contribution in [1.82, 2.24) is 0 Å². The molecule has 1 unspecified atom stereocenters. The lowest BCUT2D eigenvalue weighted by Gasteiger charge is -2.15. The Morgan fingerprint density at radius 3 is 1.74 bits per heavy atom. The van der Waals surface area contributed by atoms with Gasteiger partial charge in [0.2, 0.25) is 0 Å². The molecule has 0 amide bonds. The lowest BCUT2D eigenvalue weighted by atomic mass is 10.1. The number of hydrogen-bond acceptors (Lipinski definition) is 5. The Morgan fingerprint density at radius 2 is 1.20 bits per heavy atom. The van der Waals surface area contributed by atoms with Gasteiger partial charge in [-0.1, -0.05) is 101 Å². The molecule has 35 heavy (non-hydrogen) atoms. The van der Waals surface area contributed by atoms with Crippen LogP contribution in [-0.2, 0) is 19.1 Å². The molecule has 5 nitrogen and oxygen atoms in total. The number of hydrogen-bond donors (Lipinski definition) is 1. The smallest absolute Gasteiger partial charge is 0.306 e. The van der Waals surface area contributed by atoms with Gasteiger partial charge in [0, 0.05) is 12.8 Å². The summed E-state index contributed by atoms with van der Waals surface area (Å²) >= 11 is 0. The summed E-state index contributed by atoms with van der Waals surface area (Å²) in [5.74, 6) is -0.707. The van der Waals surface area contributed by atoms with Crippen molar-refractivity contribution < 1.29 is 24.2 Å². The van der Waals surface area contributed by atoms with Crippen LogP contribution in [0.2, 0.25) is 0 Å². The van der Waals surface area contributed by atoms with Gasteiger partial charge >= 0.3 is 11.9 Å². The van der Waals surface area contributed by atoms with E-state index in [9.17, 15) is 14.7 Å². The fraction of sp³-hybridized carbons (Fsp3) is 0.667. The Kier molecular flexibility index (Phi) is 24.8. The van der Waals surface area contributed by atoms with Crippen molar-refractivity contribution in [2.24, 2.45) is 0 Å². The normalized spacial score (nSPS) is 12.9. The molecule has 0 spiro atoms. The van der Waals surface area contributed by atoms with Crippen LogP contribution in [-0.4, -0.2) is 36.4 Å². The van der Waals surface area contributed by atoms with Crippen molar-refractivity contribution >= 4 is 11.9 Å². The summed E-state index contributed by atoms with van der Waals surface area (Å²) in [6.07, 6.45) is 32.2. The van der Waals surface area contributed by atoms with Crippen LogP contribution >= 0.6 is 0 Å². The van der Waals surface area contributed by atoms with E-state index in [0.29, 0.717) is 6.42 Å². The first-order valence-corrected chi connectivity index (χ1v) is 13.7. The fourth-order valence-electron chi connectivity index (χ4n) is 3.35. The molecule has 0 heterocycles. The lowest BCUT2D eigenvalue weighted by molar-refractivity contribution is -0.161. The molecule has 0 radical (unpaired) electrons. The van der Waals surface area contributed by atoms with Crippen LogP contribution in [0.25, 0.3) is 0 Å². The molecule has 0 aliphatic heterocycles. The maximum Gasteiger partial charge on any atom is 0.306 e. The Balaban J connectivity index is 3.48. The second-order valence-corrected chi connectivity index (χ2v) is 8.70. The van der Waals surface area contributed by atoms with E-state index in [0.717, 1.165) is 51.4 Å². The summed E-state index contributed by atoms with van der Waals surface area (Å²) in [5, 5.41) is 9.23. The van der Waals surface area contributed by atoms with E-state index in [4.69, 9.17) is 9.47 Å². The van der Waals surface area contributed by atoms with Gasteiger partial charge < -0.3 is 14.6 Å². The molecular formula is C30H50O5. The lowest BCUT2D eigenvalue weighted by Crippen LogP contribution is -2.28. The summed E-state index contributed by atoms with van der Waals surface area (Å²) in [6.45, 7) is 3.42. The number of carbonyl (C=O) groups is 2. The summed E-state index contributed by atoms with van der Waals surface area (Å²) in [5.41, 5.74) is 0. The largest absolute Gasteiger partial charge is 0.462 e. The number of allylic oxidation sites excluding steroid dienone is 8. The van der Waals surface area contributed by atoms with Crippen molar-refractivity contribution in [1.29, 1.82) is 0 Å². The molecular weight excluding hydrogens is 440 g/mol. The zero-order chi connectivity index (χ0) is 25.8. The maximum atomic E-state index is 11.8. The first kappa shape index (κ1) is 32.9. The summed E-state index contributed by atoms with van der Waals surface area (Å²) in [7, 11) is 0. The minimum atomic E-state index is -0.769. The second-order valence-electron chi connectivity index (χ2n) is 8.70. The summed E-state index contributed by atoms with van der Waals surface area (Å²) in [4.78, 5) is 23.0. The van der Waals surface area contributed by atoms with Crippen LogP contribution in [0.1, 0.15) is 110 Å². The van der Waals surface area contributed by atoms with E-state index in [-0.39, 0.29) is 31.6 Å². The van der Waals surface area contributed by atoms with E-state index in [1.807, 2.05) is 0 Å². The monoisotopic (exact) mass is 490 g/mol. The van der Waals surface area contributed by atoms with E-state index >= 15 is 0 Å². The molecule has 0 aliphatic carbocycles. The first-order chi connectivity index (χ1) is 17.1. The molecule has 0 aromatic heterocycles. The van der Waals surface area contributed by atoms with Gasteiger partial charge in [0.25, 0.3) is 0 Å². The van der Waals surface area contributed by atoms with Crippen LogP contribution in [0.3, 0.4) is 0 Å². The van der Waals surface area contributed by atoms with Crippen molar-refractivity contribution in [3.8, 4) is 0 Å². The van der Waals surface area contributed by atoms with Gasteiger partial charge in [-0.3, -0.25) is 9.59 Å². The number of rotatable bonds is 23. The van der Waals surface area contributed by atoms with Crippen LogP contribution < -0.4 is 0 Å². The predicted molar refractivity (Wildman–Crippen MR) is 145 cm³/mol. The van der Waals surface area contributed by atoms with Crippen LogP contribution in [0.5, 0.6) is 0 Å². The number of aliphatic hydroxyl groups excluding tert-OH is 1. The van der Waals surface area contributed by atoms with Crippen LogP contribution in [0, 0.1) is 0 Å². The molecule has 1 N–H and O–H groups in total. The van der Waals surface area contributed by atoms with Crippen molar-refractivity contribution in [2.75, 3.05) is 13.2 Å². The van der Waals surface area contributed by atoms with Crippen molar-refractivity contribution in [3.63, 3.8) is 0 Å². The molecule has 5 heteroatoms. The fourth-order valence-corrected chi connectivity index (χ4v) is 3.35. The van der Waals surface area contributed by atoms with Crippen LogP contribution in [0.15, 0.2) is 48.6 Å². The third kappa shape index (κ3) is 24.8. The minimum absolute atomic E-state index is 0.0861. The highest BCUT2D eigenvalue weighted by Gasteiger charge is 2.15. The summed E-state index contributed by atoms with van der Waals surface area (Å²) < 4.78 is 10.1. The van der Waals surface area contributed by atoms with E-state index in [1.165, 1.54) is 32.1 Å². The number of unbranched alkanes of at least 4 members (excludes halogenated alkanes) is 8. The van der Waals surface area contributed by atoms with Gasteiger partial charge in [-0.2, -0.15) is 0 Å². The Labute approximate surface area is 214 Å². The molecule has 0 aromatic carbocycles. The zero-order valence-electron chi connectivity index (χ0n) is 22.3. The minimum Gasteiger partial charge on any atom is -0.462 e. The molecule has 0 rings (SSSR count). The van der Waals surface area contributed by atoms with E-state index in [2.05, 4.69) is 55.5 Å². The third-order valence-electron chi connectivity index (χ3n) is 5.44. The molecule has 200 valence electrons. The topological polar surface area (TPSA) is 72.8 Å². The van der Waals surface area contributed by atoms with Gasteiger partial charge in [-0.05, 0) is 44.9 Å². The first-order valence-electron chi connectivity index (χ1n) is 13.7.